The number of likely N-dealkylation sites (tertiary alicyclic amines) is 1. The summed E-state index contributed by atoms with van der Waals surface area (Å²) in [4.78, 5) is 2.67. The minimum absolute atomic E-state index is 0.427. The Morgan fingerprint density at radius 1 is 1.25 bits per heavy atom. The fourth-order valence-corrected chi connectivity index (χ4v) is 3.26. The van der Waals surface area contributed by atoms with Crippen LogP contribution in [0.4, 0.5) is 0 Å². The summed E-state index contributed by atoms with van der Waals surface area (Å²) < 4.78 is 5.63. The molecule has 2 heterocycles. The van der Waals surface area contributed by atoms with E-state index in [0.717, 1.165) is 19.1 Å². The molecule has 4 atom stereocenters. The second-order valence-electron chi connectivity index (χ2n) is 5.62. The van der Waals surface area contributed by atoms with Crippen LogP contribution in [0.2, 0.25) is 0 Å². The molecular weight excluding hydrogens is 200 g/mol. The zero-order valence-electron chi connectivity index (χ0n) is 10.7. The van der Waals surface area contributed by atoms with Crippen LogP contribution in [-0.2, 0) is 4.74 Å². The Morgan fingerprint density at radius 2 is 2.06 bits per heavy atom. The molecule has 3 nitrogen and oxygen atoms in total. The number of rotatable bonds is 2. The Kier molecular flexibility index (Phi) is 4.22. The van der Waals surface area contributed by atoms with Gasteiger partial charge in [-0.25, -0.2) is 0 Å². The largest absolute Gasteiger partial charge is 0.378 e. The number of nitrogens with two attached hydrogens (primary N) is 1. The van der Waals surface area contributed by atoms with Crippen molar-refractivity contribution >= 4 is 0 Å². The summed E-state index contributed by atoms with van der Waals surface area (Å²) in [5.74, 6) is 0.849. The van der Waals surface area contributed by atoms with E-state index in [-0.39, 0.29) is 0 Å². The van der Waals surface area contributed by atoms with E-state index < -0.39 is 0 Å². The Morgan fingerprint density at radius 3 is 2.75 bits per heavy atom. The first kappa shape index (κ1) is 12.3. The molecule has 0 saturated carbocycles. The summed E-state index contributed by atoms with van der Waals surface area (Å²) in [5.41, 5.74) is 5.92. The summed E-state index contributed by atoms with van der Waals surface area (Å²) in [7, 11) is 0. The van der Waals surface area contributed by atoms with Gasteiger partial charge in [0.2, 0.25) is 0 Å². The first-order valence-electron chi connectivity index (χ1n) is 6.78. The monoisotopic (exact) mass is 226 g/mol. The first-order chi connectivity index (χ1) is 7.70. The van der Waals surface area contributed by atoms with E-state index in [1.54, 1.807) is 0 Å². The van der Waals surface area contributed by atoms with Gasteiger partial charge >= 0.3 is 0 Å². The third-order valence-corrected chi connectivity index (χ3v) is 4.22. The Balaban J connectivity index is 1.95. The maximum atomic E-state index is 5.92. The minimum Gasteiger partial charge on any atom is -0.378 e. The van der Waals surface area contributed by atoms with Gasteiger partial charge in [0, 0.05) is 25.2 Å². The number of piperidine rings is 1. The molecule has 94 valence electrons. The highest BCUT2D eigenvalue weighted by Crippen LogP contribution is 2.28. The fraction of sp³-hybridized carbons (Fsp3) is 1.00. The van der Waals surface area contributed by atoms with Crippen molar-refractivity contribution in [2.45, 2.75) is 57.7 Å². The molecule has 0 aromatic heterocycles. The fourth-order valence-electron chi connectivity index (χ4n) is 3.26. The highest BCUT2D eigenvalue weighted by atomic mass is 16.5. The van der Waals surface area contributed by atoms with E-state index in [0.29, 0.717) is 18.2 Å². The molecular formula is C13H26N2O. The minimum atomic E-state index is 0.427. The van der Waals surface area contributed by atoms with Gasteiger partial charge in [0.05, 0.1) is 6.10 Å². The third kappa shape index (κ3) is 2.76. The van der Waals surface area contributed by atoms with Gasteiger partial charge in [-0.05, 0) is 45.1 Å². The lowest BCUT2D eigenvalue weighted by atomic mass is 9.89. The molecule has 0 aromatic rings. The lowest BCUT2D eigenvalue weighted by Gasteiger charge is -2.45. The zero-order chi connectivity index (χ0) is 11.5. The molecule has 16 heavy (non-hydrogen) atoms. The number of hydrogen-bond donors (Lipinski definition) is 1. The Hall–Kier alpha value is -0.120. The van der Waals surface area contributed by atoms with Gasteiger partial charge in [-0.15, -0.1) is 0 Å². The van der Waals surface area contributed by atoms with Crippen LogP contribution in [0.15, 0.2) is 0 Å². The summed E-state index contributed by atoms with van der Waals surface area (Å²) in [5, 5.41) is 0. The van der Waals surface area contributed by atoms with Crippen LogP contribution in [0.25, 0.3) is 0 Å². The molecule has 0 radical (unpaired) electrons. The average Bonchev–Trinajstić information content (AvgIpc) is 2.28. The number of hydrogen-bond acceptors (Lipinski definition) is 3. The van der Waals surface area contributed by atoms with E-state index >= 15 is 0 Å². The summed E-state index contributed by atoms with van der Waals surface area (Å²) in [6.45, 7) is 7.52. The molecule has 0 aromatic carbocycles. The second kappa shape index (κ2) is 5.48. The molecule has 4 unspecified atom stereocenters. The quantitative estimate of drug-likeness (QED) is 0.777. The average molecular weight is 226 g/mol. The lowest BCUT2D eigenvalue weighted by molar-refractivity contribution is -0.0384. The SMILES string of the molecule is CC1CCN(C2CCOC(C)C2)C(CN)C1. The van der Waals surface area contributed by atoms with Crippen molar-refractivity contribution in [3.63, 3.8) is 0 Å². The lowest BCUT2D eigenvalue weighted by Crippen LogP contribution is -2.53. The van der Waals surface area contributed by atoms with Gasteiger partial charge in [0.25, 0.3) is 0 Å². The standard InChI is InChI=1S/C13H26N2O/c1-10-3-5-15(13(7-10)9-14)12-4-6-16-11(2)8-12/h10-13H,3-9,14H2,1-2H3. The third-order valence-electron chi connectivity index (χ3n) is 4.22. The molecule has 0 aliphatic carbocycles. The van der Waals surface area contributed by atoms with Crippen LogP contribution in [0.3, 0.4) is 0 Å². The predicted octanol–water partition coefficient (Wildman–Crippen LogP) is 1.61. The van der Waals surface area contributed by atoms with Crippen molar-refractivity contribution in [1.29, 1.82) is 0 Å². The van der Waals surface area contributed by atoms with Crippen LogP contribution in [0.5, 0.6) is 0 Å². The van der Waals surface area contributed by atoms with Gasteiger partial charge in [-0.3, -0.25) is 4.90 Å². The van der Waals surface area contributed by atoms with Crippen LogP contribution >= 0.6 is 0 Å². The van der Waals surface area contributed by atoms with E-state index in [2.05, 4.69) is 18.7 Å². The molecule has 3 heteroatoms. The summed E-state index contributed by atoms with van der Waals surface area (Å²) in [6.07, 6.45) is 5.42. The molecule has 2 aliphatic heterocycles. The van der Waals surface area contributed by atoms with Crippen molar-refractivity contribution in [3.8, 4) is 0 Å². The highest BCUT2D eigenvalue weighted by molar-refractivity contribution is 4.87. The normalized spacial score (nSPS) is 42.2. The smallest absolute Gasteiger partial charge is 0.0561 e. The van der Waals surface area contributed by atoms with Crippen molar-refractivity contribution in [3.05, 3.63) is 0 Å². The molecule has 2 aliphatic rings. The van der Waals surface area contributed by atoms with Crippen LogP contribution in [0, 0.1) is 5.92 Å². The molecule has 2 fully saturated rings. The summed E-state index contributed by atoms with van der Waals surface area (Å²) >= 11 is 0. The molecule has 2 N–H and O–H groups in total. The van der Waals surface area contributed by atoms with Crippen LogP contribution in [0.1, 0.15) is 39.5 Å². The van der Waals surface area contributed by atoms with Gasteiger partial charge in [0.1, 0.15) is 0 Å². The Bertz CT molecular complexity index is 222. The molecule has 0 amide bonds. The van der Waals surface area contributed by atoms with E-state index in [9.17, 15) is 0 Å². The van der Waals surface area contributed by atoms with E-state index in [4.69, 9.17) is 10.5 Å². The van der Waals surface area contributed by atoms with Crippen LogP contribution < -0.4 is 5.73 Å². The molecule has 2 rings (SSSR count). The van der Waals surface area contributed by atoms with Crippen molar-refractivity contribution in [2.75, 3.05) is 19.7 Å². The number of nitrogens with zero attached hydrogens (tertiary/aromatic N) is 1. The van der Waals surface area contributed by atoms with Gasteiger partial charge in [-0.1, -0.05) is 6.92 Å². The van der Waals surface area contributed by atoms with Crippen molar-refractivity contribution in [2.24, 2.45) is 11.7 Å². The van der Waals surface area contributed by atoms with Gasteiger partial charge in [-0.2, -0.15) is 0 Å². The van der Waals surface area contributed by atoms with E-state index in [1.807, 2.05) is 0 Å². The molecule has 0 spiro atoms. The van der Waals surface area contributed by atoms with Crippen molar-refractivity contribution < 1.29 is 4.74 Å². The molecule has 0 bridgehead atoms. The van der Waals surface area contributed by atoms with E-state index in [1.165, 1.54) is 32.2 Å². The zero-order valence-corrected chi connectivity index (χ0v) is 10.7. The predicted molar refractivity (Wildman–Crippen MR) is 66.4 cm³/mol. The number of ether oxygens (including phenoxy) is 1. The van der Waals surface area contributed by atoms with Crippen molar-refractivity contribution in [1.82, 2.24) is 4.90 Å². The summed E-state index contributed by atoms with van der Waals surface area (Å²) in [6, 6.07) is 1.32. The van der Waals surface area contributed by atoms with Gasteiger partial charge < -0.3 is 10.5 Å². The maximum Gasteiger partial charge on any atom is 0.0561 e. The Labute approximate surface area is 99.3 Å². The maximum absolute atomic E-state index is 5.92. The second-order valence-corrected chi connectivity index (χ2v) is 5.62. The topological polar surface area (TPSA) is 38.5 Å². The van der Waals surface area contributed by atoms with Gasteiger partial charge in [0.15, 0.2) is 0 Å². The van der Waals surface area contributed by atoms with Crippen LogP contribution in [-0.4, -0.2) is 42.8 Å². The first-order valence-corrected chi connectivity index (χ1v) is 6.78. The molecule has 2 saturated heterocycles. The highest BCUT2D eigenvalue weighted by Gasteiger charge is 2.32.